The summed E-state index contributed by atoms with van der Waals surface area (Å²) in [7, 11) is 0. The van der Waals surface area contributed by atoms with Crippen molar-refractivity contribution >= 4 is 17.6 Å². The quantitative estimate of drug-likeness (QED) is 0.684. The first-order chi connectivity index (χ1) is 12.6. The molecule has 138 valence electrons. The minimum absolute atomic E-state index is 0.135. The summed E-state index contributed by atoms with van der Waals surface area (Å²) in [5, 5.41) is 2.80. The number of amides is 1. The van der Waals surface area contributed by atoms with Gasteiger partial charge >= 0.3 is 5.97 Å². The molecule has 2 aromatic carbocycles. The van der Waals surface area contributed by atoms with Gasteiger partial charge in [-0.15, -0.1) is 0 Å². The molecule has 0 bridgehead atoms. The molecule has 0 aliphatic carbocycles. The van der Waals surface area contributed by atoms with Crippen LogP contribution in [0.5, 0.6) is 5.75 Å². The van der Waals surface area contributed by atoms with Crippen molar-refractivity contribution in [2.45, 2.75) is 33.1 Å². The van der Waals surface area contributed by atoms with Crippen molar-refractivity contribution in [1.82, 2.24) is 0 Å². The molecule has 0 spiro atoms. The van der Waals surface area contributed by atoms with Gasteiger partial charge in [-0.05, 0) is 55.7 Å². The van der Waals surface area contributed by atoms with Gasteiger partial charge in [0, 0.05) is 5.69 Å². The van der Waals surface area contributed by atoms with E-state index in [0.717, 1.165) is 24.9 Å². The van der Waals surface area contributed by atoms with Crippen molar-refractivity contribution < 1.29 is 19.1 Å². The predicted molar refractivity (Wildman–Crippen MR) is 102 cm³/mol. The Hall–Kier alpha value is -2.82. The van der Waals surface area contributed by atoms with E-state index >= 15 is 0 Å². The third-order valence-electron chi connectivity index (χ3n) is 3.77. The number of rotatable bonds is 9. The van der Waals surface area contributed by atoms with Crippen LogP contribution in [-0.2, 0) is 16.0 Å². The molecule has 1 N–H and O–H groups in total. The summed E-state index contributed by atoms with van der Waals surface area (Å²) in [5.41, 5.74) is 2.39. The van der Waals surface area contributed by atoms with Gasteiger partial charge in [-0.2, -0.15) is 0 Å². The van der Waals surface area contributed by atoms with Crippen LogP contribution in [0.3, 0.4) is 0 Å². The normalized spacial score (nSPS) is 10.2. The van der Waals surface area contributed by atoms with Crippen molar-refractivity contribution in [2.24, 2.45) is 0 Å². The Morgan fingerprint density at radius 2 is 1.81 bits per heavy atom. The molecule has 0 saturated heterocycles. The SMILES string of the molecule is CCCCc1ccc(NC(=O)COc2cccc(C(=O)OCC)c2)cc1. The van der Waals surface area contributed by atoms with Crippen molar-refractivity contribution in [1.29, 1.82) is 0 Å². The molecule has 0 aliphatic heterocycles. The van der Waals surface area contributed by atoms with Crippen LogP contribution in [0.4, 0.5) is 5.69 Å². The molecular weight excluding hydrogens is 330 g/mol. The largest absolute Gasteiger partial charge is 0.484 e. The average Bonchev–Trinajstić information content (AvgIpc) is 2.66. The summed E-state index contributed by atoms with van der Waals surface area (Å²) in [6.07, 6.45) is 3.36. The second kappa shape index (κ2) is 10.2. The van der Waals surface area contributed by atoms with Crippen LogP contribution in [0, 0.1) is 0 Å². The monoisotopic (exact) mass is 355 g/mol. The van der Waals surface area contributed by atoms with Crippen molar-refractivity contribution in [3.8, 4) is 5.75 Å². The maximum Gasteiger partial charge on any atom is 0.338 e. The number of benzene rings is 2. The summed E-state index contributed by atoms with van der Waals surface area (Å²) in [6, 6.07) is 14.4. The minimum atomic E-state index is -0.412. The lowest BCUT2D eigenvalue weighted by Gasteiger charge is -2.09. The van der Waals surface area contributed by atoms with Crippen LogP contribution < -0.4 is 10.1 Å². The standard InChI is InChI=1S/C21H25NO4/c1-3-5-7-16-10-12-18(13-11-16)22-20(23)15-26-19-9-6-8-17(14-19)21(24)25-4-2/h6,8-14H,3-5,7,15H2,1-2H3,(H,22,23). The first kappa shape index (κ1) is 19.5. The molecule has 0 aliphatic rings. The van der Waals surface area contributed by atoms with Gasteiger partial charge < -0.3 is 14.8 Å². The van der Waals surface area contributed by atoms with Gasteiger partial charge in [0.15, 0.2) is 6.61 Å². The third kappa shape index (κ3) is 6.24. The van der Waals surface area contributed by atoms with Gasteiger partial charge in [-0.1, -0.05) is 31.5 Å². The van der Waals surface area contributed by atoms with E-state index < -0.39 is 5.97 Å². The molecule has 2 aromatic rings. The number of esters is 1. The molecular formula is C21H25NO4. The fourth-order valence-corrected chi connectivity index (χ4v) is 2.41. The van der Waals surface area contributed by atoms with Crippen molar-refractivity contribution in [2.75, 3.05) is 18.5 Å². The molecule has 1 amide bonds. The fourth-order valence-electron chi connectivity index (χ4n) is 2.41. The summed E-state index contributed by atoms with van der Waals surface area (Å²) in [6.45, 7) is 4.09. The van der Waals surface area contributed by atoms with Crippen LogP contribution in [0.1, 0.15) is 42.6 Å². The van der Waals surface area contributed by atoms with Crippen LogP contribution in [0.25, 0.3) is 0 Å². The summed E-state index contributed by atoms with van der Waals surface area (Å²) < 4.78 is 10.4. The smallest absolute Gasteiger partial charge is 0.338 e. The maximum atomic E-state index is 12.0. The van der Waals surface area contributed by atoms with E-state index in [-0.39, 0.29) is 12.5 Å². The summed E-state index contributed by atoms with van der Waals surface area (Å²) in [4.78, 5) is 23.7. The maximum absolute atomic E-state index is 12.0. The molecule has 26 heavy (non-hydrogen) atoms. The van der Waals surface area contributed by atoms with Crippen LogP contribution in [0.2, 0.25) is 0 Å². The number of hydrogen-bond donors (Lipinski definition) is 1. The highest BCUT2D eigenvalue weighted by molar-refractivity contribution is 5.92. The van der Waals surface area contributed by atoms with Gasteiger partial charge in [-0.3, -0.25) is 4.79 Å². The topological polar surface area (TPSA) is 64.6 Å². The second-order valence-electron chi connectivity index (χ2n) is 5.89. The van der Waals surface area contributed by atoms with E-state index in [1.807, 2.05) is 24.3 Å². The fraction of sp³-hybridized carbons (Fsp3) is 0.333. The number of carbonyl (C=O) groups excluding carboxylic acids is 2. The lowest BCUT2D eigenvalue weighted by Crippen LogP contribution is -2.20. The van der Waals surface area contributed by atoms with Crippen LogP contribution in [0.15, 0.2) is 48.5 Å². The molecule has 0 radical (unpaired) electrons. The Morgan fingerprint density at radius 1 is 1.04 bits per heavy atom. The zero-order chi connectivity index (χ0) is 18.8. The Morgan fingerprint density at radius 3 is 2.50 bits per heavy atom. The highest BCUT2D eigenvalue weighted by Crippen LogP contribution is 2.15. The number of nitrogens with one attached hydrogen (secondary N) is 1. The number of hydrogen-bond acceptors (Lipinski definition) is 4. The Labute approximate surface area is 154 Å². The molecule has 0 aromatic heterocycles. The van der Waals surface area contributed by atoms with Gasteiger partial charge in [-0.25, -0.2) is 4.79 Å². The van der Waals surface area contributed by atoms with Crippen LogP contribution in [-0.4, -0.2) is 25.1 Å². The summed E-state index contributed by atoms with van der Waals surface area (Å²) >= 11 is 0. The predicted octanol–water partition coefficient (Wildman–Crippen LogP) is 4.22. The van der Waals surface area contributed by atoms with E-state index in [1.165, 1.54) is 5.56 Å². The van der Waals surface area contributed by atoms with E-state index in [2.05, 4.69) is 12.2 Å². The van der Waals surface area contributed by atoms with E-state index in [1.54, 1.807) is 31.2 Å². The highest BCUT2D eigenvalue weighted by Gasteiger charge is 2.09. The molecule has 0 fully saturated rings. The molecule has 0 unspecified atom stereocenters. The van der Waals surface area contributed by atoms with Crippen molar-refractivity contribution in [3.63, 3.8) is 0 Å². The minimum Gasteiger partial charge on any atom is -0.484 e. The Bertz CT molecular complexity index is 725. The van der Waals surface area contributed by atoms with E-state index in [9.17, 15) is 9.59 Å². The van der Waals surface area contributed by atoms with E-state index in [0.29, 0.717) is 17.9 Å². The van der Waals surface area contributed by atoms with Gasteiger partial charge in [0.05, 0.1) is 12.2 Å². The zero-order valence-corrected chi connectivity index (χ0v) is 15.3. The van der Waals surface area contributed by atoms with Gasteiger partial charge in [0.25, 0.3) is 5.91 Å². The van der Waals surface area contributed by atoms with Gasteiger partial charge in [0.1, 0.15) is 5.75 Å². The molecule has 0 atom stereocenters. The highest BCUT2D eigenvalue weighted by atomic mass is 16.5. The lowest BCUT2D eigenvalue weighted by atomic mass is 10.1. The molecule has 0 heterocycles. The van der Waals surface area contributed by atoms with Gasteiger partial charge in [0.2, 0.25) is 0 Å². The zero-order valence-electron chi connectivity index (χ0n) is 15.3. The third-order valence-corrected chi connectivity index (χ3v) is 3.77. The number of aryl methyl sites for hydroxylation is 1. The number of carbonyl (C=O) groups is 2. The Balaban J connectivity index is 1.85. The molecule has 5 heteroatoms. The summed E-state index contributed by atoms with van der Waals surface area (Å²) in [5.74, 6) is -0.223. The van der Waals surface area contributed by atoms with E-state index in [4.69, 9.17) is 9.47 Å². The Kier molecular flexibility index (Phi) is 7.68. The van der Waals surface area contributed by atoms with Crippen LogP contribution >= 0.6 is 0 Å². The average molecular weight is 355 g/mol. The molecule has 2 rings (SSSR count). The first-order valence-electron chi connectivity index (χ1n) is 8.91. The molecule has 0 saturated carbocycles. The first-order valence-corrected chi connectivity index (χ1v) is 8.91. The second-order valence-corrected chi connectivity index (χ2v) is 5.89. The number of anilines is 1. The number of unbranched alkanes of at least 4 members (excludes halogenated alkanes) is 1. The number of ether oxygens (including phenoxy) is 2. The molecule has 5 nitrogen and oxygen atoms in total. The van der Waals surface area contributed by atoms with Crippen molar-refractivity contribution in [3.05, 3.63) is 59.7 Å². The lowest BCUT2D eigenvalue weighted by molar-refractivity contribution is -0.118.